The van der Waals surface area contributed by atoms with Gasteiger partial charge < -0.3 is 0 Å². The third-order valence-corrected chi connectivity index (χ3v) is 3.00. The molecule has 0 fully saturated rings. The van der Waals surface area contributed by atoms with Crippen LogP contribution < -0.4 is 4.57 Å². The maximum atomic E-state index is 12.1. The van der Waals surface area contributed by atoms with E-state index in [1.807, 2.05) is 59.4 Å². The number of carbonyl (C=O) groups is 1. The van der Waals surface area contributed by atoms with Gasteiger partial charge in [0.2, 0.25) is 12.3 Å². The fraction of sp³-hybridized carbons (Fsp3) is 0.250. The summed E-state index contributed by atoms with van der Waals surface area (Å²) in [5.74, 6) is 0.638. The summed E-state index contributed by atoms with van der Waals surface area (Å²) in [6.45, 7) is 4.69. The monoisotopic (exact) mass is 240 g/mol. The van der Waals surface area contributed by atoms with Gasteiger partial charge in [0.25, 0.3) is 0 Å². The van der Waals surface area contributed by atoms with Gasteiger partial charge in [0, 0.05) is 17.7 Å². The SMILES string of the molecule is CC(C)c1ccc(C(=O)C[n+]2ccccc2)cc1. The summed E-state index contributed by atoms with van der Waals surface area (Å²) >= 11 is 0. The Bertz CT molecular complexity index is 515. The molecule has 0 atom stereocenters. The van der Waals surface area contributed by atoms with Crippen LogP contribution in [0.15, 0.2) is 54.9 Å². The van der Waals surface area contributed by atoms with Gasteiger partial charge in [-0.25, -0.2) is 0 Å². The van der Waals surface area contributed by atoms with Crippen LogP contribution in [0.5, 0.6) is 0 Å². The third-order valence-electron chi connectivity index (χ3n) is 3.00. The average molecular weight is 240 g/mol. The molecule has 2 heteroatoms. The van der Waals surface area contributed by atoms with Gasteiger partial charge in [-0.3, -0.25) is 4.79 Å². The first-order valence-electron chi connectivity index (χ1n) is 6.24. The Morgan fingerprint density at radius 3 is 2.22 bits per heavy atom. The standard InChI is InChI=1S/C16H18NO/c1-13(2)14-6-8-15(9-7-14)16(18)12-17-10-4-3-5-11-17/h3-11,13H,12H2,1-2H3/q+1. The van der Waals surface area contributed by atoms with E-state index < -0.39 is 0 Å². The number of carbonyl (C=O) groups excluding carboxylic acids is 1. The quantitative estimate of drug-likeness (QED) is 0.594. The molecule has 2 nitrogen and oxygen atoms in total. The molecule has 92 valence electrons. The maximum Gasteiger partial charge on any atom is 0.227 e. The van der Waals surface area contributed by atoms with E-state index in [9.17, 15) is 4.79 Å². The molecule has 0 aliphatic rings. The van der Waals surface area contributed by atoms with E-state index in [1.54, 1.807) is 0 Å². The Morgan fingerprint density at radius 1 is 1.06 bits per heavy atom. The van der Waals surface area contributed by atoms with Crippen molar-refractivity contribution in [3.05, 3.63) is 66.0 Å². The number of pyridine rings is 1. The van der Waals surface area contributed by atoms with Crippen LogP contribution in [0.1, 0.15) is 35.7 Å². The van der Waals surface area contributed by atoms with Crippen molar-refractivity contribution in [2.24, 2.45) is 0 Å². The highest BCUT2D eigenvalue weighted by molar-refractivity contribution is 5.95. The lowest BCUT2D eigenvalue weighted by Crippen LogP contribution is -2.36. The zero-order chi connectivity index (χ0) is 13.0. The minimum Gasteiger partial charge on any atom is -0.287 e. The normalized spacial score (nSPS) is 10.6. The second-order valence-corrected chi connectivity index (χ2v) is 4.75. The summed E-state index contributed by atoms with van der Waals surface area (Å²) in [6, 6.07) is 13.7. The summed E-state index contributed by atoms with van der Waals surface area (Å²) in [5.41, 5.74) is 2.04. The molecule has 0 amide bonds. The molecule has 0 spiro atoms. The van der Waals surface area contributed by atoms with Crippen LogP contribution in [-0.4, -0.2) is 5.78 Å². The number of nitrogens with zero attached hydrogens (tertiary/aromatic N) is 1. The Morgan fingerprint density at radius 2 is 1.67 bits per heavy atom. The summed E-state index contributed by atoms with van der Waals surface area (Å²) < 4.78 is 1.89. The topological polar surface area (TPSA) is 20.9 Å². The van der Waals surface area contributed by atoms with Gasteiger partial charge in [-0.2, -0.15) is 4.57 Å². The molecule has 1 aromatic heterocycles. The van der Waals surface area contributed by atoms with E-state index in [4.69, 9.17) is 0 Å². The number of rotatable bonds is 4. The smallest absolute Gasteiger partial charge is 0.227 e. The molecule has 0 aliphatic heterocycles. The van der Waals surface area contributed by atoms with E-state index in [0.29, 0.717) is 12.5 Å². The third kappa shape index (κ3) is 3.04. The summed E-state index contributed by atoms with van der Waals surface area (Å²) in [7, 11) is 0. The molecule has 0 saturated heterocycles. The van der Waals surface area contributed by atoms with Crippen molar-refractivity contribution < 1.29 is 9.36 Å². The molecule has 0 N–H and O–H groups in total. The van der Waals surface area contributed by atoms with Gasteiger partial charge in [0.15, 0.2) is 12.4 Å². The molecular formula is C16H18NO+. The molecule has 0 radical (unpaired) electrons. The zero-order valence-electron chi connectivity index (χ0n) is 10.8. The summed E-state index contributed by atoms with van der Waals surface area (Å²) in [4.78, 5) is 12.1. The molecular weight excluding hydrogens is 222 g/mol. The second-order valence-electron chi connectivity index (χ2n) is 4.75. The van der Waals surface area contributed by atoms with Crippen molar-refractivity contribution in [2.75, 3.05) is 0 Å². The molecule has 2 rings (SSSR count). The van der Waals surface area contributed by atoms with Crippen LogP contribution >= 0.6 is 0 Å². The van der Waals surface area contributed by atoms with Crippen molar-refractivity contribution in [1.29, 1.82) is 0 Å². The Labute approximate surface area is 108 Å². The molecule has 2 aromatic rings. The van der Waals surface area contributed by atoms with E-state index in [-0.39, 0.29) is 5.78 Å². The van der Waals surface area contributed by atoms with E-state index >= 15 is 0 Å². The Balaban J connectivity index is 2.10. The molecule has 1 aromatic carbocycles. The van der Waals surface area contributed by atoms with E-state index in [2.05, 4.69) is 13.8 Å². The molecule has 0 saturated carbocycles. The first kappa shape index (κ1) is 12.5. The lowest BCUT2D eigenvalue weighted by molar-refractivity contribution is -0.683. The maximum absolute atomic E-state index is 12.1. The van der Waals surface area contributed by atoms with Crippen molar-refractivity contribution in [2.45, 2.75) is 26.3 Å². The molecule has 0 bridgehead atoms. The second kappa shape index (κ2) is 5.58. The minimum atomic E-state index is 0.140. The van der Waals surface area contributed by atoms with Gasteiger partial charge in [0.05, 0.1) is 0 Å². The van der Waals surface area contributed by atoms with Crippen LogP contribution in [0.25, 0.3) is 0 Å². The van der Waals surface area contributed by atoms with Crippen LogP contribution in [0, 0.1) is 0 Å². The number of ketones is 1. The van der Waals surface area contributed by atoms with E-state index in [0.717, 1.165) is 5.56 Å². The highest BCUT2D eigenvalue weighted by atomic mass is 16.1. The van der Waals surface area contributed by atoms with Crippen LogP contribution in [0.4, 0.5) is 0 Å². The lowest BCUT2D eigenvalue weighted by atomic mass is 10.0. The fourth-order valence-corrected chi connectivity index (χ4v) is 1.85. The summed E-state index contributed by atoms with van der Waals surface area (Å²) in [5, 5.41) is 0. The number of hydrogen-bond donors (Lipinski definition) is 0. The van der Waals surface area contributed by atoms with Crippen molar-refractivity contribution in [3.63, 3.8) is 0 Å². The predicted molar refractivity (Wildman–Crippen MR) is 71.5 cm³/mol. The van der Waals surface area contributed by atoms with Gasteiger partial charge >= 0.3 is 0 Å². The highest BCUT2D eigenvalue weighted by Crippen LogP contribution is 2.14. The number of Topliss-reactive ketones (excluding diaryl/α,β-unsaturated/α-hetero) is 1. The first-order chi connectivity index (χ1) is 8.66. The number of benzene rings is 1. The Hall–Kier alpha value is -1.96. The predicted octanol–water partition coefficient (Wildman–Crippen LogP) is 2.98. The van der Waals surface area contributed by atoms with Crippen molar-refractivity contribution >= 4 is 5.78 Å². The molecule has 0 aliphatic carbocycles. The Kier molecular flexibility index (Phi) is 3.88. The number of hydrogen-bond acceptors (Lipinski definition) is 1. The molecule has 1 heterocycles. The lowest BCUT2D eigenvalue weighted by Gasteiger charge is -2.05. The fourth-order valence-electron chi connectivity index (χ4n) is 1.85. The van der Waals surface area contributed by atoms with Crippen molar-refractivity contribution in [1.82, 2.24) is 0 Å². The largest absolute Gasteiger partial charge is 0.287 e. The average Bonchev–Trinajstić information content (AvgIpc) is 2.40. The van der Waals surface area contributed by atoms with Gasteiger partial charge in [0.1, 0.15) is 0 Å². The van der Waals surface area contributed by atoms with Crippen LogP contribution in [-0.2, 0) is 6.54 Å². The van der Waals surface area contributed by atoms with Gasteiger partial charge in [-0.1, -0.05) is 44.2 Å². The molecule has 18 heavy (non-hydrogen) atoms. The highest BCUT2D eigenvalue weighted by Gasteiger charge is 2.11. The van der Waals surface area contributed by atoms with Gasteiger partial charge in [-0.05, 0) is 11.5 Å². The zero-order valence-corrected chi connectivity index (χ0v) is 10.8. The summed E-state index contributed by atoms with van der Waals surface area (Å²) in [6.07, 6.45) is 3.81. The molecule has 0 unspecified atom stereocenters. The first-order valence-corrected chi connectivity index (χ1v) is 6.24. The van der Waals surface area contributed by atoms with Gasteiger partial charge in [-0.15, -0.1) is 0 Å². The van der Waals surface area contributed by atoms with Crippen LogP contribution in [0.2, 0.25) is 0 Å². The van der Waals surface area contributed by atoms with Crippen molar-refractivity contribution in [3.8, 4) is 0 Å². The van der Waals surface area contributed by atoms with E-state index in [1.165, 1.54) is 5.56 Å². The minimum absolute atomic E-state index is 0.140. The number of aromatic nitrogens is 1. The van der Waals surface area contributed by atoms with Crippen LogP contribution in [0.3, 0.4) is 0 Å².